The number of carbonyl (C=O) groups excluding carboxylic acids is 1. The molecule has 0 saturated carbocycles. The first-order valence-corrected chi connectivity index (χ1v) is 5.37. The Kier molecular flexibility index (Phi) is 4.82. The van der Waals surface area contributed by atoms with Gasteiger partial charge in [0, 0.05) is 6.42 Å². The first kappa shape index (κ1) is 14.1. The molecule has 4 N–H and O–H groups in total. The number of ether oxygens (including phenoxy) is 1. The van der Waals surface area contributed by atoms with E-state index in [-0.39, 0.29) is 13.2 Å². The van der Waals surface area contributed by atoms with E-state index < -0.39 is 24.0 Å². The molecule has 0 amide bonds. The lowest BCUT2D eigenvalue weighted by molar-refractivity contribution is -0.181. The highest BCUT2D eigenvalue weighted by Gasteiger charge is 2.45. The highest BCUT2D eigenvalue weighted by Crippen LogP contribution is 2.14. The predicted molar refractivity (Wildman–Crippen MR) is 62.5 cm³/mol. The molecule has 6 nitrogen and oxygen atoms in total. The normalized spacial score (nSPS) is 13.7. The van der Waals surface area contributed by atoms with Crippen LogP contribution in [0.3, 0.4) is 0 Å². The van der Waals surface area contributed by atoms with Crippen molar-refractivity contribution in [3.63, 3.8) is 0 Å². The van der Waals surface area contributed by atoms with Gasteiger partial charge in [0.05, 0.1) is 0 Å². The fourth-order valence-electron chi connectivity index (χ4n) is 1.35. The summed E-state index contributed by atoms with van der Waals surface area (Å²) in [5, 5.41) is 18.5. The summed E-state index contributed by atoms with van der Waals surface area (Å²) in [6.45, 7) is -0.233. The molecule has 0 radical (unpaired) electrons. The average molecular weight is 253 g/mol. The molecular formula is C12H15NO5. The van der Waals surface area contributed by atoms with E-state index in [0.717, 1.165) is 0 Å². The van der Waals surface area contributed by atoms with Crippen LogP contribution >= 0.6 is 0 Å². The Hall–Kier alpha value is -1.92. The van der Waals surface area contributed by atoms with Gasteiger partial charge in [0.15, 0.2) is 0 Å². The summed E-state index contributed by atoms with van der Waals surface area (Å²) in [7, 11) is 0. The van der Waals surface area contributed by atoms with E-state index in [1.165, 1.54) is 0 Å². The number of rotatable bonds is 6. The van der Waals surface area contributed by atoms with Crippen molar-refractivity contribution in [2.45, 2.75) is 18.6 Å². The molecule has 0 fully saturated rings. The number of carbonyl (C=O) groups is 2. The standard InChI is InChI=1S/C12H15NO5/c13-7-6-12(17,10(14)15)11(16)18-8-9-4-2-1-3-5-9/h1-5,17H,6-8,13H2,(H,14,15)/t12-/m0/s1. The zero-order valence-corrected chi connectivity index (χ0v) is 9.70. The third-order valence-electron chi connectivity index (χ3n) is 2.41. The summed E-state index contributed by atoms with van der Waals surface area (Å²) in [4.78, 5) is 22.4. The van der Waals surface area contributed by atoms with Gasteiger partial charge in [-0.1, -0.05) is 30.3 Å². The van der Waals surface area contributed by atoms with Gasteiger partial charge in [-0.25, -0.2) is 9.59 Å². The van der Waals surface area contributed by atoms with Gasteiger partial charge >= 0.3 is 11.9 Å². The van der Waals surface area contributed by atoms with Gasteiger partial charge in [0.25, 0.3) is 5.60 Å². The average Bonchev–Trinajstić information content (AvgIpc) is 2.37. The van der Waals surface area contributed by atoms with Crippen LogP contribution < -0.4 is 5.73 Å². The number of esters is 1. The Morgan fingerprint density at radius 1 is 1.28 bits per heavy atom. The van der Waals surface area contributed by atoms with Crippen molar-refractivity contribution in [3.05, 3.63) is 35.9 Å². The van der Waals surface area contributed by atoms with Gasteiger partial charge in [-0.3, -0.25) is 0 Å². The summed E-state index contributed by atoms with van der Waals surface area (Å²) in [6, 6.07) is 8.75. The van der Waals surface area contributed by atoms with Crippen molar-refractivity contribution in [3.8, 4) is 0 Å². The van der Waals surface area contributed by atoms with E-state index in [0.29, 0.717) is 5.56 Å². The lowest BCUT2D eigenvalue weighted by Gasteiger charge is -2.20. The molecule has 98 valence electrons. The van der Waals surface area contributed by atoms with Gasteiger partial charge < -0.3 is 20.7 Å². The van der Waals surface area contributed by atoms with Gasteiger partial charge in [-0.05, 0) is 12.1 Å². The fourth-order valence-corrected chi connectivity index (χ4v) is 1.35. The number of hydrogen-bond donors (Lipinski definition) is 3. The van der Waals surface area contributed by atoms with E-state index in [1.807, 2.05) is 0 Å². The molecule has 0 aliphatic carbocycles. The summed E-state index contributed by atoms with van der Waals surface area (Å²) in [5.41, 5.74) is 3.29. The minimum atomic E-state index is -2.58. The number of aliphatic carboxylic acids is 1. The highest BCUT2D eigenvalue weighted by atomic mass is 16.6. The summed E-state index contributed by atoms with van der Waals surface area (Å²) in [5.74, 6) is -2.87. The van der Waals surface area contributed by atoms with Crippen molar-refractivity contribution >= 4 is 11.9 Å². The van der Waals surface area contributed by atoms with Crippen LogP contribution in [-0.2, 0) is 20.9 Å². The molecule has 18 heavy (non-hydrogen) atoms. The number of carboxylic acids is 1. The third-order valence-corrected chi connectivity index (χ3v) is 2.41. The number of benzene rings is 1. The van der Waals surface area contributed by atoms with Crippen molar-refractivity contribution in [1.82, 2.24) is 0 Å². The van der Waals surface area contributed by atoms with E-state index in [4.69, 9.17) is 15.6 Å². The first-order valence-electron chi connectivity index (χ1n) is 5.37. The van der Waals surface area contributed by atoms with Crippen LogP contribution in [0.15, 0.2) is 30.3 Å². The van der Waals surface area contributed by atoms with Gasteiger partial charge in [-0.2, -0.15) is 0 Å². The van der Waals surface area contributed by atoms with Gasteiger partial charge in [-0.15, -0.1) is 0 Å². The topological polar surface area (TPSA) is 110 Å². The van der Waals surface area contributed by atoms with Crippen LogP contribution in [0.2, 0.25) is 0 Å². The quantitative estimate of drug-likeness (QED) is 0.482. The monoisotopic (exact) mass is 253 g/mol. The summed E-state index contributed by atoms with van der Waals surface area (Å²) < 4.78 is 4.78. The number of carboxylic acid groups (broad SMARTS) is 1. The Morgan fingerprint density at radius 2 is 1.89 bits per heavy atom. The zero-order chi connectivity index (χ0) is 13.6. The third kappa shape index (κ3) is 3.28. The second-order valence-corrected chi connectivity index (χ2v) is 3.77. The molecule has 1 aromatic carbocycles. The largest absolute Gasteiger partial charge is 0.479 e. The Labute approximate surface area is 104 Å². The molecule has 0 unspecified atom stereocenters. The van der Waals surface area contributed by atoms with Crippen LogP contribution in [0.5, 0.6) is 0 Å². The minimum absolute atomic E-state index is 0.0974. The van der Waals surface area contributed by atoms with Gasteiger partial charge in [0.1, 0.15) is 6.61 Å². The zero-order valence-electron chi connectivity index (χ0n) is 9.70. The lowest BCUT2D eigenvalue weighted by atomic mass is 10.0. The fraction of sp³-hybridized carbons (Fsp3) is 0.333. The lowest BCUT2D eigenvalue weighted by Crippen LogP contribution is -2.49. The maximum atomic E-state index is 11.6. The molecule has 6 heteroatoms. The van der Waals surface area contributed by atoms with Crippen molar-refractivity contribution in [2.24, 2.45) is 5.73 Å². The Bertz CT molecular complexity index is 420. The Morgan fingerprint density at radius 3 is 2.39 bits per heavy atom. The number of hydrogen-bond acceptors (Lipinski definition) is 5. The van der Waals surface area contributed by atoms with Crippen molar-refractivity contribution in [1.29, 1.82) is 0 Å². The second kappa shape index (κ2) is 6.13. The van der Waals surface area contributed by atoms with Crippen LogP contribution in [-0.4, -0.2) is 34.3 Å². The minimum Gasteiger partial charge on any atom is -0.479 e. The molecule has 0 saturated heterocycles. The van der Waals surface area contributed by atoms with E-state index >= 15 is 0 Å². The van der Waals surface area contributed by atoms with Crippen molar-refractivity contribution < 1.29 is 24.5 Å². The second-order valence-electron chi connectivity index (χ2n) is 3.77. The molecule has 1 rings (SSSR count). The summed E-state index contributed by atoms with van der Waals surface area (Å²) in [6.07, 6.45) is -0.393. The SMILES string of the molecule is NCC[C@](O)(C(=O)O)C(=O)OCc1ccccc1. The molecule has 1 atom stereocenters. The molecule has 0 aliphatic rings. The maximum absolute atomic E-state index is 11.6. The van der Waals surface area contributed by atoms with Gasteiger partial charge in [0.2, 0.25) is 0 Å². The molecular weight excluding hydrogens is 238 g/mol. The van der Waals surface area contributed by atoms with Crippen LogP contribution in [0.4, 0.5) is 0 Å². The summed E-state index contributed by atoms with van der Waals surface area (Å²) >= 11 is 0. The van der Waals surface area contributed by atoms with E-state index in [2.05, 4.69) is 0 Å². The maximum Gasteiger partial charge on any atom is 0.350 e. The van der Waals surface area contributed by atoms with Crippen LogP contribution in [0.25, 0.3) is 0 Å². The number of aliphatic hydroxyl groups is 1. The number of nitrogens with two attached hydrogens (primary N) is 1. The molecule has 0 aromatic heterocycles. The molecule has 0 heterocycles. The van der Waals surface area contributed by atoms with E-state index in [9.17, 15) is 14.7 Å². The Balaban J connectivity index is 2.66. The first-order chi connectivity index (χ1) is 8.50. The highest BCUT2D eigenvalue weighted by molar-refractivity contribution is 6.02. The molecule has 0 spiro atoms. The molecule has 1 aromatic rings. The smallest absolute Gasteiger partial charge is 0.350 e. The van der Waals surface area contributed by atoms with E-state index in [1.54, 1.807) is 30.3 Å². The molecule has 0 bridgehead atoms. The van der Waals surface area contributed by atoms with Crippen molar-refractivity contribution in [2.75, 3.05) is 6.54 Å². The predicted octanol–water partition coefficient (Wildman–Crippen LogP) is -0.106. The van der Waals surface area contributed by atoms with Crippen LogP contribution in [0, 0.1) is 0 Å². The molecule has 0 aliphatic heterocycles. The van der Waals surface area contributed by atoms with Crippen LogP contribution in [0.1, 0.15) is 12.0 Å².